The van der Waals surface area contributed by atoms with Gasteiger partial charge in [-0.2, -0.15) is 9.61 Å². The molecule has 8 heteroatoms. The van der Waals surface area contributed by atoms with E-state index < -0.39 is 11.6 Å². The Morgan fingerprint density at radius 3 is 2.64 bits per heavy atom. The Balaban J connectivity index is 1.69. The first kappa shape index (κ1) is 15.6. The van der Waals surface area contributed by atoms with Crippen molar-refractivity contribution >= 4 is 16.3 Å². The molecule has 2 heterocycles. The van der Waals surface area contributed by atoms with E-state index in [1.165, 1.54) is 15.9 Å². The normalized spacial score (nSPS) is 11.2. The zero-order valence-corrected chi connectivity index (χ0v) is 13.9. The van der Waals surface area contributed by atoms with E-state index in [1.807, 2.05) is 24.3 Å². The molecule has 0 unspecified atom stereocenters. The third kappa shape index (κ3) is 2.96. The van der Waals surface area contributed by atoms with Gasteiger partial charge in [-0.05, 0) is 35.9 Å². The summed E-state index contributed by atoms with van der Waals surface area (Å²) in [7, 11) is 1.62. The molecule has 0 N–H and O–H groups in total. The van der Waals surface area contributed by atoms with Gasteiger partial charge in [0.2, 0.25) is 4.96 Å². The number of hydrogen-bond acceptors (Lipinski definition) is 5. The highest BCUT2D eigenvalue weighted by Gasteiger charge is 2.17. The Hall–Kier alpha value is -2.87. The van der Waals surface area contributed by atoms with Crippen LogP contribution in [0.25, 0.3) is 16.3 Å². The average Bonchev–Trinajstić information content (AvgIpc) is 3.18. The number of fused-ring (bicyclic) bond motifs is 1. The van der Waals surface area contributed by atoms with Gasteiger partial charge in [0.25, 0.3) is 0 Å². The van der Waals surface area contributed by atoms with Crippen molar-refractivity contribution in [2.24, 2.45) is 0 Å². The van der Waals surface area contributed by atoms with Crippen molar-refractivity contribution in [2.75, 3.05) is 7.11 Å². The van der Waals surface area contributed by atoms with Crippen LogP contribution in [0, 0.1) is 11.6 Å². The molecule has 25 heavy (non-hydrogen) atoms. The number of halogens is 2. The summed E-state index contributed by atoms with van der Waals surface area (Å²) in [6, 6.07) is 10.9. The lowest BCUT2D eigenvalue weighted by atomic mass is 10.1. The highest BCUT2D eigenvalue weighted by atomic mass is 32.1. The summed E-state index contributed by atoms with van der Waals surface area (Å²) in [5.41, 5.74) is 1.10. The Morgan fingerprint density at radius 2 is 1.88 bits per heavy atom. The topological polar surface area (TPSA) is 52.3 Å². The van der Waals surface area contributed by atoms with E-state index in [-0.39, 0.29) is 11.4 Å². The lowest BCUT2D eigenvalue weighted by Gasteiger charge is -2.01. The number of hydrogen-bond donors (Lipinski definition) is 0. The van der Waals surface area contributed by atoms with E-state index in [0.717, 1.165) is 34.5 Å². The molecule has 4 rings (SSSR count). The molecule has 0 radical (unpaired) electrons. The van der Waals surface area contributed by atoms with E-state index in [0.29, 0.717) is 11.4 Å². The van der Waals surface area contributed by atoms with Gasteiger partial charge in [-0.15, -0.1) is 10.2 Å². The third-order valence-corrected chi connectivity index (χ3v) is 4.62. The average molecular weight is 358 g/mol. The maximum atomic E-state index is 14.0. The highest BCUT2D eigenvalue weighted by molar-refractivity contribution is 7.16. The van der Waals surface area contributed by atoms with Crippen molar-refractivity contribution in [3.05, 3.63) is 64.7 Å². The molecular weight excluding hydrogens is 346 g/mol. The summed E-state index contributed by atoms with van der Waals surface area (Å²) in [5.74, 6) is -0.141. The summed E-state index contributed by atoms with van der Waals surface area (Å²) in [4.78, 5) is 0.530. The van der Waals surface area contributed by atoms with Crippen LogP contribution in [0.1, 0.15) is 10.6 Å². The van der Waals surface area contributed by atoms with E-state index in [4.69, 9.17) is 4.74 Å². The zero-order valence-electron chi connectivity index (χ0n) is 13.1. The van der Waals surface area contributed by atoms with Crippen LogP contribution in [-0.2, 0) is 6.42 Å². The van der Waals surface area contributed by atoms with Crippen LogP contribution in [0.3, 0.4) is 0 Å². The Labute approximate surface area is 145 Å². The van der Waals surface area contributed by atoms with Crippen molar-refractivity contribution in [1.29, 1.82) is 0 Å². The molecule has 0 saturated carbocycles. The maximum Gasteiger partial charge on any atom is 0.234 e. The lowest BCUT2D eigenvalue weighted by Crippen LogP contribution is -1.96. The van der Waals surface area contributed by atoms with Crippen molar-refractivity contribution in [2.45, 2.75) is 6.42 Å². The van der Waals surface area contributed by atoms with Crippen molar-refractivity contribution in [3.8, 4) is 17.1 Å². The number of methoxy groups -OCH3 is 1. The Morgan fingerprint density at radius 1 is 1.08 bits per heavy atom. The summed E-state index contributed by atoms with van der Waals surface area (Å²) >= 11 is 1.36. The standard InChI is InChI=1S/C17H12F2N4OS/c1-24-12-5-2-10(3-6-12)8-15-22-23-16(20-21-17(23)25-15)13-9-11(18)4-7-14(13)19/h2-7,9H,8H2,1H3. The van der Waals surface area contributed by atoms with E-state index >= 15 is 0 Å². The van der Waals surface area contributed by atoms with E-state index in [2.05, 4.69) is 15.3 Å². The number of benzene rings is 2. The third-order valence-electron chi connectivity index (χ3n) is 3.72. The minimum absolute atomic E-state index is 0.0359. The minimum Gasteiger partial charge on any atom is -0.497 e. The fourth-order valence-corrected chi connectivity index (χ4v) is 3.35. The van der Waals surface area contributed by atoms with Crippen LogP contribution >= 0.6 is 11.3 Å². The first-order valence-corrected chi connectivity index (χ1v) is 8.25. The van der Waals surface area contributed by atoms with Gasteiger partial charge in [0.05, 0.1) is 12.7 Å². The smallest absolute Gasteiger partial charge is 0.234 e. The molecule has 0 fully saturated rings. The molecule has 0 aliphatic rings. The molecular formula is C17H12F2N4OS. The number of ether oxygens (including phenoxy) is 1. The second kappa shape index (κ2) is 6.21. The summed E-state index contributed by atoms with van der Waals surface area (Å²) in [6.07, 6.45) is 0.600. The SMILES string of the molecule is COc1ccc(Cc2nn3c(-c4cc(F)ccc4F)nnc3s2)cc1. The minimum atomic E-state index is -0.569. The van der Waals surface area contributed by atoms with E-state index in [9.17, 15) is 8.78 Å². The van der Waals surface area contributed by atoms with Crippen LogP contribution in [-0.4, -0.2) is 26.9 Å². The second-order valence-corrected chi connectivity index (χ2v) is 6.40. The van der Waals surface area contributed by atoms with Crippen molar-refractivity contribution in [3.63, 3.8) is 0 Å². The van der Waals surface area contributed by atoms with Gasteiger partial charge < -0.3 is 4.74 Å². The van der Waals surface area contributed by atoms with Crippen LogP contribution in [0.2, 0.25) is 0 Å². The van der Waals surface area contributed by atoms with Crippen LogP contribution in [0.15, 0.2) is 42.5 Å². The molecule has 0 saturated heterocycles. The summed E-state index contributed by atoms with van der Waals surface area (Å²) in [5, 5.41) is 13.2. The summed E-state index contributed by atoms with van der Waals surface area (Å²) < 4.78 is 34.0. The molecule has 0 spiro atoms. The van der Waals surface area contributed by atoms with Gasteiger partial charge >= 0.3 is 0 Å². The van der Waals surface area contributed by atoms with Gasteiger partial charge in [0, 0.05) is 6.42 Å². The fourth-order valence-electron chi connectivity index (χ4n) is 2.48. The molecule has 0 amide bonds. The zero-order chi connectivity index (χ0) is 17.4. The van der Waals surface area contributed by atoms with Crippen molar-refractivity contribution in [1.82, 2.24) is 19.8 Å². The first-order chi connectivity index (χ1) is 12.1. The maximum absolute atomic E-state index is 14.0. The number of nitrogens with zero attached hydrogens (tertiary/aromatic N) is 4. The summed E-state index contributed by atoms with van der Waals surface area (Å²) in [6.45, 7) is 0. The number of rotatable bonds is 4. The van der Waals surface area contributed by atoms with Gasteiger partial charge in [0.15, 0.2) is 5.82 Å². The van der Waals surface area contributed by atoms with Crippen LogP contribution in [0.5, 0.6) is 5.75 Å². The molecule has 5 nitrogen and oxygen atoms in total. The van der Waals surface area contributed by atoms with Crippen molar-refractivity contribution < 1.29 is 13.5 Å². The quantitative estimate of drug-likeness (QED) is 0.558. The van der Waals surface area contributed by atoms with Gasteiger partial charge in [0.1, 0.15) is 22.4 Å². The highest BCUT2D eigenvalue weighted by Crippen LogP contribution is 2.26. The molecule has 0 aliphatic heterocycles. The molecule has 0 bridgehead atoms. The first-order valence-electron chi connectivity index (χ1n) is 7.43. The van der Waals surface area contributed by atoms with E-state index in [1.54, 1.807) is 7.11 Å². The van der Waals surface area contributed by atoms with Gasteiger partial charge in [-0.3, -0.25) is 0 Å². The van der Waals surface area contributed by atoms with Gasteiger partial charge in [-0.25, -0.2) is 8.78 Å². The van der Waals surface area contributed by atoms with Crippen LogP contribution in [0.4, 0.5) is 8.78 Å². The largest absolute Gasteiger partial charge is 0.497 e. The molecule has 2 aromatic heterocycles. The molecule has 0 aliphatic carbocycles. The molecule has 126 valence electrons. The predicted molar refractivity (Wildman–Crippen MR) is 89.8 cm³/mol. The lowest BCUT2D eigenvalue weighted by molar-refractivity contribution is 0.414. The Bertz CT molecular complexity index is 1040. The molecule has 4 aromatic rings. The number of aromatic nitrogens is 4. The Kier molecular flexibility index (Phi) is 3.89. The monoisotopic (exact) mass is 358 g/mol. The second-order valence-electron chi connectivity index (χ2n) is 5.36. The fraction of sp³-hybridized carbons (Fsp3) is 0.118. The van der Waals surface area contributed by atoms with Crippen LogP contribution < -0.4 is 4.74 Å². The molecule has 2 aromatic carbocycles. The predicted octanol–water partition coefficient (Wildman–Crippen LogP) is 3.73. The van der Waals surface area contributed by atoms with Gasteiger partial charge in [-0.1, -0.05) is 23.5 Å². The molecule has 0 atom stereocenters.